The first-order chi connectivity index (χ1) is 13.5. The highest BCUT2D eigenvalue weighted by Gasteiger charge is 2.10. The fraction of sp³-hybridized carbons (Fsp3) is 0.333. The summed E-state index contributed by atoms with van der Waals surface area (Å²) in [6.45, 7) is 2.92. The van der Waals surface area contributed by atoms with Gasteiger partial charge < -0.3 is 25.7 Å². The molecule has 0 unspecified atom stereocenters. The number of unbranched alkanes of at least 4 members (excludes halogenated alkanes) is 2. The van der Waals surface area contributed by atoms with Crippen LogP contribution in [0.5, 0.6) is 17.2 Å². The molecule has 7 heteroatoms. The van der Waals surface area contributed by atoms with Crippen LogP contribution in [-0.2, 0) is 0 Å². The van der Waals surface area contributed by atoms with E-state index in [0.717, 1.165) is 31.1 Å². The van der Waals surface area contributed by atoms with Crippen molar-refractivity contribution in [3.63, 3.8) is 0 Å². The average Bonchev–Trinajstić information content (AvgIpc) is 2.69. The van der Waals surface area contributed by atoms with Gasteiger partial charge in [-0.1, -0.05) is 0 Å². The van der Waals surface area contributed by atoms with Crippen LogP contribution in [-0.4, -0.2) is 32.9 Å². The van der Waals surface area contributed by atoms with Gasteiger partial charge in [-0.15, -0.1) is 0 Å². The van der Waals surface area contributed by atoms with Crippen molar-refractivity contribution in [1.82, 2.24) is 0 Å². The number of nitrogen functional groups attached to an aromatic ring is 2. The first kappa shape index (κ1) is 21.1. The highest BCUT2D eigenvalue weighted by atomic mass is 16.5. The molecule has 0 bridgehead atoms. The third-order valence-corrected chi connectivity index (χ3v) is 4.31. The van der Waals surface area contributed by atoms with E-state index in [1.807, 2.05) is 6.92 Å². The van der Waals surface area contributed by atoms with Crippen LogP contribution < -0.4 is 25.7 Å². The standard InChI is InChI=1S/C21H26N2O5/c1-14-8-15(12-24)17(22)10-19(14)27-6-4-3-5-7-28-21-11-18(23)16(13-25)9-20(21)26-2/h8-13H,3-7,22-23H2,1-2H3. The molecule has 0 atom stereocenters. The van der Waals surface area contributed by atoms with Crippen molar-refractivity contribution in [2.24, 2.45) is 0 Å². The van der Waals surface area contributed by atoms with Crippen LogP contribution in [0.2, 0.25) is 0 Å². The summed E-state index contributed by atoms with van der Waals surface area (Å²) in [6.07, 6.45) is 4.00. The molecule has 0 aliphatic rings. The van der Waals surface area contributed by atoms with Gasteiger partial charge in [-0.25, -0.2) is 0 Å². The molecule has 7 nitrogen and oxygen atoms in total. The Kier molecular flexibility index (Phi) is 7.68. The number of ether oxygens (including phenoxy) is 3. The van der Waals surface area contributed by atoms with Crippen LogP contribution in [0.1, 0.15) is 45.5 Å². The second-order valence-electron chi connectivity index (χ2n) is 6.37. The molecule has 0 amide bonds. The highest BCUT2D eigenvalue weighted by molar-refractivity contribution is 5.85. The first-order valence-electron chi connectivity index (χ1n) is 9.03. The molecular formula is C21H26N2O5. The molecule has 150 valence electrons. The zero-order chi connectivity index (χ0) is 20.5. The Balaban J connectivity index is 1.74. The van der Waals surface area contributed by atoms with Gasteiger partial charge in [0, 0.05) is 34.6 Å². The molecule has 2 rings (SSSR count). The number of nitrogens with two attached hydrogens (primary N) is 2. The van der Waals surface area contributed by atoms with Crippen LogP contribution >= 0.6 is 0 Å². The molecule has 0 aliphatic heterocycles. The fourth-order valence-corrected chi connectivity index (χ4v) is 2.69. The molecule has 0 radical (unpaired) electrons. The number of aryl methyl sites for hydroxylation is 1. The Morgan fingerprint density at radius 2 is 1.32 bits per heavy atom. The predicted molar refractivity (Wildman–Crippen MR) is 109 cm³/mol. The minimum Gasteiger partial charge on any atom is -0.493 e. The Morgan fingerprint density at radius 3 is 1.89 bits per heavy atom. The Hall–Kier alpha value is -3.22. The minimum absolute atomic E-state index is 0.356. The highest BCUT2D eigenvalue weighted by Crippen LogP contribution is 2.31. The fourth-order valence-electron chi connectivity index (χ4n) is 2.69. The molecule has 2 aromatic rings. The van der Waals surface area contributed by atoms with Crippen molar-refractivity contribution in [2.75, 3.05) is 31.8 Å². The molecule has 0 saturated heterocycles. The summed E-state index contributed by atoms with van der Waals surface area (Å²) in [5.74, 6) is 1.68. The van der Waals surface area contributed by atoms with E-state index in [1.165, 1.54) is 7.11 Å². The summed E-state index contributed by atoms with van der Waals surface area (Å²) in [6, 6.07) is 6.57. The largest absolute Gasteiger partial charge is 0.493 e. The number of carbonyl (C=O) groups excluding carboxylic acids is 2. The number of methoxy groups -OCH3 is 1. The lowest BCUT2D eigenvalue weighted by molar-refractivity contribution is 0.111. The molecule has 0 aliphatic carbocycles. The van der Waals surface area contributed by atoms with E-state index < -0.39 is 0 Å². The van der Waals surface area contributed by atoms with Crippen LogP contribution in [0.25, 0.3) is 0 Å². The van der Waals surface area contributed by atoms with E-state index >= 15 is 0 Å². The number of carbonyl (C=O) groups is 2. The van der Waals surface area contributed by atoms with Gasteiger partial charge >= 0.3 is 0 Å². The van der Waals surface area contributed by atoms with Crippen LogP contribution in [0.3, 0.4) is 0 Å². The predicted octanol–water partition coefficient (Wildman–Crippen LogP) is 3.42. The topological polar surface area (TPSA) is 114 Å². The Morgan fingerprint density at radius 1 is 0.786 bits per heavy atom. The van der Waals surface area contributed by atoms with Crippen LogP contribution in [0.15, 0.2) is 24.3 Å². The van der Waals surface area contributed by atoms with Crippen molar-refractivity contribution < 1.29 is 23.8 Å². The van der Waals surface area contributed by atoms with Crippen molar-refractivity contribution >= 4 is 23.9 Å². The second kappa shape index (κ2) is 10.2. The van der Waals surface area contributed by atoms with Crippen molar-refractivity contribution in [3.05, 3.63) is 41.0 Å². The lowest BCUT2D eigenvalue weighted by Gasteiger charge is -2.13. The molecular weight excluding hydrogens is 360 g/mol. The van der Waals surface area contributed by atoms with Gasteiger partial charge in [-0.05, 0) is 43.9 Å². The number of anilines is 2. The van der Waals surface area contributed by atoms with Crippen LogP contribution in [0.4, 0.5) is 11.4 Å². The number of hydrogen-bond donors (Lipinski definition) is 2. The smallest absolute Gasteiger partial charge is 0.163 e. The van der Waals surface area contributed by atoms with E-state index in [9.17, 15) is 9.59 Å². The zero-order valence-electron chi connectivity index (χ0n) is 16.2. The third kappa shape index (κ3) is 5.39. The van der Waals surface area contributed by atoms with E-state index in [-0.39, 0.29) is 0 Å². The van der Waals surface area contributed by atoms with E-state index in [1.54, 1.807) is 24.3 Å². The van der Waals surface area contributed by atoms with Gasteiger partial charge in [0.15, 0.2) is 24.1 Å². The molecule has 4 N–H and O–H groups in total. The monoisotopic (exact) mass is 386 g/mol. The number of aldehydes is 2. The molecule has 0 aromatic heterocycles. The molecule has 0 fully saturated rings. The van der Waals surface area contributed by atoms with Gasteiger partial charge in [0.25, 0.3) is 0 Å². The number of benzene rings is 2. The van der Waals surface area contributed by atoms with Crippen molar-refractivity contribution in [2.45, 2.75) is 26.2 Å². The summed E-state index contributed by atoms with van der Waals surface area (Å²) < 4.78 is 16.7. The summed E-state index contributed by atoms with van der Waals surface area (Å²) in [4.78, 5) is 21.8. The summed E-state index contributed by atoms with van der Waals surface area (Å²) >= 11 is 0. The quantitative estimate of drug-likeness (QED) is 0.345. The first-order valence-corrected chi connectivity index (χ1v) is 9.03. The van der Waals surface area contributed by atoms with Gasteiger partial charge in [0.1, 0.15) is 5.75 Å². The maximum Gasteiger partial charge on any atom is 0.163 e. The lowest BCUT2D eigenvalue weighted by Crippen LogP contribution is -2.04. The Labute approximate surface area is 164 Å². The normalized spacial score (nSPS) is 10.4. The molecule has 2 aromatic carbocycles. The van der Waals surface area contributed by atoms with Crippen LogP contribution in [0, 0.1) is 6.92 Å². The summed E-state index contributed by atoms with van der Waals surface area (Å²) in [5.41, 5.74) is 14.1. The third-order valence-electron chi connectivity index (χ3n) is 4.31. The Bertz CT molecular complexity index is 836. The molecule has 28 heavy (non-hydrogen) atoms. The zero-order valence-corrected chi connectivity index (χ0v) is 16.2. The van der Waals surface area contributed by atoms with Crippen molar-refractivity contribution in [3.8, 4) is 17.2 Å². The van der Waals surface area contributed by atoms with Crippen molar-refractivity contribution in [1.29, 1.82) is 0 Å². The summed E-state index contributed by atoms with van der Waals surface area (Å²) in [7, 11) is 1.51. The molecule has 0 saturated carbocycles. The second-order valence-corrected chi connectivity index (χ2v) is 6.37. The minimum atomic E-state index is 0.356. The summed E-state index contributed by atoms with van der Waals surface area (Å²) in [5, 5.41) is 0. The number of rotatable bonds is 11. The van der Waals surface area contributed by atoms with Gasteiger partial charge in [0.05, 0.1) is 20.3 Å². The number of hydrogen-bond acceptors (Lipinski definition) is 7. The maximum absolute atomic E-state index is 10.9. The van der Waals surface area contributed by atoms with Gasteiger partial charge in [-0.3, -0.25) is 9.59 Å². The van der Waals surface area contributed by atoms with Gasteiger partial charge in [-0.2, -0.15) is 0 Å². The van der Waals surface area contributed by atoms with Gasteiger partial charge in [0.2, 0.25) is 0 Å². The van der Waals surface area contributed by atoms with E-state index in [4.69, 9.17) is 25.7 Å². The SMILES string of the molecule is COc1cc(C=O)c(N)cc1OCCCCCOc1cc(N)c(C=O)cc1C. The van der Waals surface area contributed by atoms with E-state index in [2.05, 4.69) is 0 Å². The average molecular weight is 386 g/mol. The molecule has 0 heterocycles. The lowest BCUT2D eigenvalue weighted by atomic mass is 10.1. The van der Waals surface area contributed by atoms with E-state index in [0.29, 0.717) is 59.3 Å². The molecule has 0 spiro atoms. The maximum atomic E-state index is 10.9.